The molecule has 0 aromatic rings. The van der Waals surface area contributed by atoms with E-state index in [0.29, 0.717) is 18.5 Å². The molecule has 0 amide bonds. The Balaban J connectivity index is 2.64. The van der Waals surface area contributed by atoms with Crippen molar-refractivity contribution in [1.82, 2.24) is 5.32 Å². The molecule has 0 bridgehead atoms. The third-order valence-corrected chi connectivity index (χ3v) is 2.93. The number of alkyl halides is 2. The molecule has 0 saturated carbocycles. The maximum atomic E-state index is 13.9. The minimum Gasteiger partial charge on any atom is -0.316 e. The predicted octanol–water partition coefficient (Wildman–Crippen LogP) is 3.31. The normalized spacial score (nSPS) is 22.9. The summed E-state index contributed by atoms with van der Waals surface area (Å²) in [6, 6.07) is 0. The highest BCUT2D eigenvalue weighted by atomic mass is 19.3. The van der Waals surface area contributed by atoms with Crippen molar-refractivity contribution in [2.75, 3.05) is 13.1 Å². The SMILES string of the molecule is C=C/C=C(\C=C)CC(F)(F)C1CCCNC1. The lowest BCUT2D eigenvalue weighted by Gasteiger charge is -2.30. The topological polar surface area (TPSA) is 12.0 Å². The van der Waals surface area contributed by atoms with Gasteiger partial charge in [-0.2, -0.15) is 0 Å². The van der Waals surface area contributed by atoms with Gasteiger partial charge in [-0.15, -0.1) is 0 Å². The van der Waals surface area contributed by atoms with Crippen LogP contribution >= 0.6 is 0 Å². The molecule has 1 saturated heterocycles. The van der Waals surface area contributed by atoms with Gasteiger partial charge in [0.15, 0.2) is 0 Å². The second kappa shape index (κ2) is 5.94. The zero-order valence-electron chi connectivity index (χ0n) is 9.52. The van der Waals surface area contributed by atoms with Crippen LogP contribution in [0.3, 0.4) is 0 Å². The van der Waals surface area contributed by atoms with Crippen LogP contribution in [0, 0.1) is 5.92 Å². The van der Waals surface area contributed by atoms with Gasteiger partial charge in [-0.1, -0.05) is 31.4 Å². The summed E-state index contributed by atoms with van der Waals surface area (Å²) in [6.45, 7) is 8.31. The molecular formula is C13H19F2N. The van der Waals surface area contributed by atoms with Gasteiger partial charge in [0, 0.05) is 18.9 Å². The van der Waals surface area contributed by atoms with E-state index in [2.05, 4.69) is 18.5 Å². The largest absolute Gasteiger partial charge is 0.316 e. The van der Waals surface area contributed by atoms with Crippen LogP contribution in [0.25, 0.3) is 0 Å². The van der Waals surface area contributed by atoms with Crippen molar-refractivity contribution in [3.05, 3.63) is 37.0 Å². The first kappa shape index (κ1) is 13.1. The molecular weight excluding hydrogens is 208 g/mol. The molecule has 1 heterocycles. The summed E-state index contributed by atoms with van der Waals surface area (Å²) >= 11 is 0. The van der Waals surface area contributed by atoms with Crippen LogP contribution in [0.4, 0.5) is 8.78 Å². The lowest BCUT2D eigenvalue weighted by atomic mass is 9.89. The fourth-order valence-corrected chi connectivity index (χ4v) is 1.98. The maximum Gasteiger partial charge on any atom is 0.256 e. The first-order valence-corrected chi connectivity index (χ1v) is 5.62. The molecule has 1 nitrogen and oxygen atoms in total. The van der Waals surface area contributed by atoms with Gasteiger partial charge < -0.3 is 5.32 Å². The molecule has 0 aromatic carbocycles. The van der Waals surface area contributed by atoms with Gasteiger partial charge in [-0.25, -0.2) is 8.78 Å². The van der Waals surface area contributed by atoms with E-state index < -0.39 is 11.8 Å². The van der Waals surface area contributed by atoms with Crippen LogP contribution in [0.15, 0.2) is 37.0 Å². The van der Waals surface area contributed by atoms with Crippen molar-refractivity contribution in [3.8, 4) is 0 Å². The molecule has 0 spiro atoms. The fourth-order valence-electron chi connectivity index (χ4n) is 1.98. The average Bonchev–Trinajstić information content (AvgIpc) is 2.29. The molecule has 1 N–H and O–H groups in total. The minimum absolute atomic E-state index is 0.241. The van der Waals surface area contributed by atoms with Gasteiger partial charge >= 0.3 is 0 Å². The van der Waals surface area contributed by atoms with E-state index >= 15 is 0 Å². The van der Waals surface area contributed by atoms with Crippen LogP contribution in [-0.4, -0.2) is 19.0 Å². The molecule has 0 aromatic heterocycles. The Hall–Kier alpha value is -0.960. The van der Waals surface area contributed by atoms with E-state index in [1.54, 1.807) is 6.08 Å². The van der Waals surface area contributed by atoms with E-state index in [1.807, 2.05) is 0 Å². The number of rotatable bonds is 5. The zero-order chi connectivity index (χ0) is 12.0. The third kappa shape index (κ3) is 3.56. The standard InChI is InChI=1S/C13H19F2N/c1-3-6-11(4-2)9-13(14,15)12-7-5-8-16-10-12/h3-4,6,12,16H,1-2,5,7-10H2/b11-6+. The monoisotopic (exact) mass is 227 g/mol. The molecule has 1 fully saturated rings. The number of halogens is 2. The molecule has 0 radical (unpaired) electrons. The summed E-state index contributed by atoms with van der Waals surface area (Å²) in [5, 5.41) is 3.02. The van der Waals surface area contributed by atoms with Crippen molar-refractivity contribution >= 4 is 0 Å². The predicted molar refractivity (Wildman–Crippen MR) is 63.6 cm³/mol. The molecule has 0 aliphatic carbocycles. The smallest absolute Gasteiger partial charge is 0.256 e. The second-order valence-electron chi connectivity index (χ2n) is 4.16. The Morgan fingerprint density at radius 1 is 1.44 bits per heavy atom. The van der Waals surface area contributed by atoms with Gasteiger partial charge in [-0.3, -0.25) is 0 Å². The van der Waals surface area contributed by atoms with E-state index in [-0.39, 0.29) is 6.42 Å². The lowest BCUT2D eigenvalue weighted by Crippen LogP contribution is -2.40. The summed E-state index contributed by atoms with van der Waals surface area (Å²) in [6.07, 6.45) is 5.78. The molecule has 3 heteroatoms. The summed E-state index contributed by atoms with van der Waals surface area (Å²) < 4.78 is 27.8. The van der Waals surface area contributed by atoms with Crippen molar-refractivity contribution in [3.63, 3.8) is 0 Å². The first-order valence-electron chi connectivity index (χ1n) is 5.62. The van der Waals surface area contributed by atoms with Crippen molar-refractivity contribution in [2.45, 2.75) is 25.2 Å². The fraction of sp³-hybridized carbons (Fsp3) is 0.538. The van der Waals surface area contributed by atoms with Crippen molar-refractivity contribution in [1.29, 1.82) is 0 Å². The highest BCUT2D eigenvalue weighted by molar-refractivity contribution is 5.22. The summed E-state index contributed by atoms with van der Waals surface area (Å²) in [5.74, 6) is -3.22. The summed E-state index contributed by atoms with van der Waals surface area (Å²) in [5.41, 5.74) is 0.547. The molecule has 16 heavy (non-hydrogen) atoms. The van der Waals surface area contributed by atoms with E-state index in [4.69, 9.17) is 0 Å². The van der Waals surface area contributed by atoms with Crippen molar-refractivity contribution in [2.24, 2.45) is 5.92 Å². The third-order valence-electron chi connectivity index (χ3n) is 2.93. The van der Waals surface area contributed by atoms with Crippen LogP contribution in [0.5, 0.6) is 0 Å². The molecule has 1 rings (SSSR count). The maximum absolute atomic E-state index is 13.9. The quantitative estimate of drug-likeness (QED) is 0.710. The second-order valence-corrected chi connectivity index (χ2v) is 4.16. The average molecular weight is 227 g/mol. The summed E-state index contributed by atoms with van der Waals surface area (Å²) in [4.78, 5) is 0. The minimum atomic E-state index is -2.66. The van der Waals surface area contributed by atoms with E-state index in [0.717, 1.165) is 13.0 Å². The molecule has 1 atom stereocenters. The number of nitrogens with one attached hydrogen (secondary N) is 1. The van der Waals surface area contributed by atoms with Gasteiger partial charge in [-0.05, 0) is 25.0 Å². The molecule has 90 valence electrons. The Morgan fingerprint density at radius 3 is 2.69 bits per heavy atom. The zero-order valence-corrected chi connectivity index (χ0v) is 9.52. The Morgan fingerprint density at radius 2 is 2.19 bits per heavy atom. The Bertz CT molecular complexity index is 276. The van der Waals surface area contributed by atoms with Crippen molar-refractivity contribution < 1.29 is 8.78 Å². The number of hydrogen-bond donors (Lipinski definition) is 1. The van der Waals surface area contributed by atoms with Gasteiger partial charge in [0.2, 0.25) is 0 Å². The van der Waals surface area contributed by atoms with Gasteiger partial charge in [0.05, 0.1) is 0 Å². The highest BCUT2D eigenvalue weighted by Gasteiger charge is 2.39. The summed E-state index contributed by atoms with van der Waals surface area (Å²) in [7, 11) is 0. The van der Waals surface area contributed by atoms with E-state index in [1.165, 1.54) is 12.2 Å². The molecule has 1 aliphatic rings. The Labute approximate surface area is 95.9 Å². The van der Waals surface area contributed by atoms with Gasteiger partial charge in [0.1, 0.15) is 0 Å². The van der Waals surface area contributed by atoms with Gasteiger partial charge in [0.25, 0.3) is 5.92 Å². The van der Waals surface area contributed by atoms with Crippen LogP contribution in [0.2, 0.25) is 0 Å². The van der Waals surface area contributed by atoms with E-state index in [9.17, 15) is 8.78 Å². The number of hydrogen-bond acceptors (Lipinski definition) is 1. The molecule has 1 unspecified atom stereocenters. The number of allylic oxidation sites excluding steroid dienone is 4. The highest BCUT2D eigenvalue weighted by Crippen LogP contribution is 2.35. The first-order chi connectivity index (χ1) is 7.60. The lowest BCUT2D eigenvalue weighted by molar-refractivity contribution is -0.0639. The molecule has 1 aliphatic heterocycles. The van der Waals surface area contributed by atoms with Crippen LogP contribution in [0.1, 0.15) is 19.3 Å². The van der Waals surface area contributed by atoms with Crippen LogP contribution in [-0.2, 0) is 0 Å². The number of piperidine rings is 1. The van der Waals surface area contributed by atoms with Crippen LogP contribution < -0.4 is 5.32 Å². The Kier molecular flexibility index (Phi) is 4.87.